The van der Waals surface area contributed by atoms with Crippen molar-refractivity contribution in [1.82, 2.24) is 15.2 Å². The van der Waals surface area contributed by atoms with Crippen LogP contribution in [0.5, 0.6) is 0 Å². The Bertz CT molecular complexity index is 999. The van der Waals surface area contributed by atoms with Gasteiger partial charge in [0.15, 0.2) is 0 Å². The number of anilines is 1. The molecule has 2 fully saturated rings. The number of amides is 2. The number of thiophene rings is 1. The van der Waals surface area contributed by atoms with Crippen LogP contribution in [-0.2, 0) is 11.7 Å². The zero-order valence-corrected chi connectivity index (χ0v) is 19.1. The van der Waals surface area contributed by atoms with Gasteiger partial charge in [0.25, 0.3) is 0 Å². The molecule has 2 aromatic rings. The molecule has 10 heteroatoms. The molecular formula is C21H24ClF3N4OS. The number of hydrogen-bond acceptors (Lipinski definition) is 4. The number of aryl methyl sites for hydroxylation is 1. The quantitative estimate of drug-likeness (QED) is 0.648. The number of carbonyl (C=O) groups is 1. The molecule has 1 saturated heterocycles. The average molecular weight is 473 g/mol. The third-order valence-corrected chi connectivity index (χ3v) is 8.09. The molecule has 0 atom stereocenters. The maximum Gasteiger partial charge on any atom is 0.433 e. The molecule has 1 spiro atoms. The SMILES string of the molecule is Cc1cc(C(F)(F)F)ncc1N1C[C@]2(CC[C@](c3ccc(Cl)s3)(N(C)C)CC2)NC1=O. The zero-order valence-electron chi connectivity index (χ0n) is 17.5. The Balaban J connectivity index is 1.55. The lowest BCUT2D eigenvalue weighted by molar-refractivity contribution is -0.141. The molecule has 0 radical (unpaired) electrons. The molecule has 0 unspecified atom stereocenters. The van der Waals surface area contributed by atoms with E-state index in [1.54, 1.807) is 18.3 Å². The fraction of sp³-hybridized carbons (Fsp3) is 0.524. The highest BCUT2D eigenvalue weighted by Gasteiger charge is 2.51. The van der Waals surface area contributed by atoms with Crippen LogP contribution in [-0.4, -0.2) is 42.1 Å². The lowest BCUT2D eigenvalue weighted by atomic mass is 9.71. The van der Waals surface area contributed by atoms with Crippen molar-refractivity contribution in [1.29, 1.82) is 0 Å². The van der Waals surface area contributed by atoms with E-state index in [1.807, 2.05) is 6.07 Å². The number of halogens is 4. The number of carbonyl (C=O) groups excluding carboxylic acids is 1. The molecule has 1 N–H and O–H groups in total. The van der Waals surface area contributed by atoms with E-state index in [1.165, 1.54) is 9.78 Å². The van der Waals surface area contributed by atoms with E-state index in [0.29, 0.717) is 17.8 Å². The number of alkyl halides is 3. The molecular weight excluding hydrogens is 449 g/mol. The molecule has 4 rings (SSSR count). The first-order chi connectivity index (χ1) is 14.5. The van der Waals surface area contributed by atoms with E-state index in [-0.39, 0.29) is 11.6 Å². The molecule has 1 aliphatic carbocycles. The summed E-state index contributed by atoms with van der Waals surface area (Å²) in [5, 5.41) is 3.12. The second-order valence-corrected chi connectivity index (χ2v) is 10.4. The van der Waals surface area contributed by atoms with Crippen LogP contribution in [0.25, 0.3) is 0 Å². The molecule has 1 saturated carbocycles. The standard InChI is InChI=1S/C21H24ClF3N4OS/c1-13-10-15(21(23,24)25)26-11-14(13)29-12-19(27-18(29)30)6-8-20(9-7-19,28(2)3)16-4-5-17(22)31-16/h4-5,10-11H,6-9,12H2,1-3H3,(H,27,30)/t19-,20+. The molecule has 31 heavy (non-hydrogen) atoms. The van der Waals surface area contributed by atoms with Crippen molar-refractivity contribution < 1.29 is 18.0 Å². The Kier molecular flexibility index (Phi) is 5.51. The third kappa shape index (κ3) is 3.91. The van der Waals surface area contributed by atoms with Crippen LogP contribution in [0, 0.1) is 6.92 Å². The zero-order chi connectivity index (χ0) is 22.6. The Morgan fingerprint density at radius 3 is 2.42 bits per heavy atom. The van der Waals surface area contributed by atoms with Crippen molar-refractivity contribution in [2.45, 2.75) is 49.9 Å². The number of hydrogen-bond donors (Lipinski definition) is 1. The van der Waals surface area contributed by atoms with Crippen molar-refractivity contribution in [3.05, 3.63) is 44.9 Å². The van der Waals surface area contributed by atoms with Gasteiger partial charge in [0.1, 0.15) is 5.69 Å². The highest BCUT2D eigenvalue weighted by Crippen LogP contribution is 2.48. The van der Waals surface area contributed by atoms with Gasteiger partial charge in [0.2, 0.25) is 0 Å². The van der Waals surface area contributed by atoms with Gasteiger partial charge in [-0.3, -0.25) is 9.80 Å². The van der Waals surface area contributed by atoms with Crippen molar-refractivity contribution in [3.8, 4) is 0 Å². The summed E-state index contributed by atoms with van der Waals surface area (Å²) in [4.78, 5) is 21.3. The Morgan fingerprint density at radius 1 is 1.23 bits per heavy atom. The fourth-order valence-corrected chi connectivity index (χ4v) is 6.16. The predicted octanol–water partition coefficient (Wildman–Crippen LogP) is 5.42. The minimum atomic E-state index is -4.51. The molecule has 3 heterocycles. The van der Waals surface area contributed by atoms with Crippen LogP contribution in [0.3, 0.4) is 0 Å². The number of pyridine rings is 1. The van der Waals surface area contributed by atoms with Crippen molar-refractivity contribution >= 4 is 34.7 Å². The number of nitrogens with one attached hydrogen (secondary N) is 1. The van der Waals surface area contributed by atoms with Crippen LogP contribution < -0.4 is 10.2 Å². The molecule has 2 aromatic heterocycles. The molecule has 168 valence electrons. The van der Waals surface area contributed by atoms with Crippen LogP contribution in [0.4, 0.5) is 23.7 Å². The van der Waals surface area contributed by atoms with E-state index in [9.17, 15) is 18.0 Å². The summed E-state index contributed by atoms with van der Waals surface area (Å²) in [6.07, 6.45) is -0.158. The Labute approximate surface area is 188 Å². The first kappa shape index (κ1) is 22.4. The van der Waals surface area contributed by atoms with E-state index in [4.69, 9.17) is 11.6 Å². The van der Waals surface area contributed by atoms with Gasteiger partial charge in [-0.25, -0.2) is 9.78 Å². The van der Waals surface area contributed by atoms with Crippen LogP contribution in [0.1, 0.15) is 41.8 Å². The van der Waals surface area contributed by atoms with Gasteiger partial charge in [-0.15, -0.1) is 11.3 Å². The first-order valence-electron chi connectivity index (χ1n) is 10.0. The number of aromatic nitrogens is 1. The van der Waals surface area contributed by atoms with Crippen LogP contribution in [0.15, 0.2) is 24.4 Å². The van der Waals surface area contributed by atoms with Gasteiger partial charge < -0.3 is 5.32 Å². The summed E-state index contributed by atoms with van der Waals surface area (Å²) in [5.74, 6) is 0. The molecule has 2 aliphatic rings. The van der Waals surface area contributed by atoms with Crippen LogP contribution >= 0.6 is 22.9 Å². The van der Waals surface area contributed by atoms with Gasteiger partial charge in [-0.05, 0) is 70.5 Å². The lowest BCUT2D eigenvalue weighted by Crippen LogP contribution is -2.53. The van der Waals surface area contributed by atoms with Crippen molar-refractivity contribution in [2.75, 3.05) is 25.5 Å². The smallest absolute Gasteiger partial charge is 0.330 e. The molecule has 0 aromatic carbocycles. The van der Waals surface area contributed by atoms with Crippen molar-refractivity contribution in [2.24, 2.45) is 0 Å². The third-order valence-electron chi connectivity index (χ3n) is 6.66. The van der Waals surface area contributed by atoms with Gasteiger partial charge >= 0.3 is 12.2 Å². The summed E-state index contributed by atoms with van der Waals surface area (Å²) in [5.41, 5.74) is -0.719. The van der Waals surface area contributed by atoms with Crippen LogP contribution in [0.2, 0.25) is 4.34 Å². The molecule has 1 aliphatic heterocycles. The molecule has 5 nitrogen and oxygen atoms in total. The second-order valence-electron chi connectivity index (χ2n) is 8.68. The molecule has 0 bridgehead atoms. The van der Waals surface area contributed by atoms with E-state index >= 15 is 0 Å². The maximum absolute atomic E-state index is 13.0. The summed E-state index contributed by atoms with van der Waals surface area (Å²) in [6.45, 7) is 1.98. The summed E-state index contributed by atoms with van der Waals surface area (Å²) in [6, 6.07) is 4.69. The number of urea groups is 1. The van der Waals surface area contributed by atoms with Gasteiger partial charge in [0.05, 0.1) is 33.8 Å². The topological polar surface area (TPSA) is 48.5 Å². The van der Waals surface area contributed by atoms with Gasteiger partial charge in [0, 0.05) is 4.88 Å². The Hall–Kier alpha value is -1.84. The maximum atomic E-state index is 13.0. The monoisotopic (exact) mass is 472 g/mol. The second kappa shape index (κ2) is 7.64. The Morgan fingerprint density at radius 2 is 1.90 bits per heavy atom. The minimum Gasteiger partial charge on any atom is -0.330 e. The normalized spacial score (nSPS) is 26.7. The van der Waals surface area contributed by atoms with Gasteiger partial charge in [-0.2, -0.15) is 13.2 Å². The van der Waals surface area contributed by atoms with Gasteiger partial charge in [-0.1, -0.05) is 11.6 Å². The summed E-state index contributed by atoms with van der Waals surface area (Å²) >= 11 is 7.77. The largest absolute Gasteiger partial charge is 0.433 e. The average Bonchev–Trinajstić information content (AvgIpc) is 3.25. The lowest BCUT2D eigenvalue weighted by Gasteiger charge is -2.47. The van der Waals surface area contributed by atoms with E-state index in [2.05, 4.69) is 35.4 Å². The summed E-state index contributed by atoms with van der Waals surface area (Å²) < 4.78 is 39.6. The fourth-order valence-electron chi connectivity index (χ4n) is 4.79. The first-order valence-corrected chi connectivity index (χ1v) is 11.2. The van der Waals surface area contributed by atoms with Crippen molar-refractivity contribution in [3.63, 3.8) is 0 Å². The van der Waals surface area contributed by atoms with E-state index in [0.717, 1.165) is 42.3 Å². The minimum absolute atomic E-state index is 0.146. The number of rotatable bonds is 3. The highest BCUT2D eigenvalue weighted by atomic mass is 35.5. The summed E-state index contributed by atoms with van der Waals surface area (Å²) in [7, 11) is 4.12. The highest BCUT2D eigenvalue weighted by molar-refractivity contribution is 7.16. The predicted molar refractivity (Wildman–Crippen MR) is 116 cm³/mol. The van der Waals surface area contributed by atoms with E-state index < -0.39 is 17.4 Å². The number of nitrogens with zero attached hydrogens (tertiary/aromatic N) is 3. The molecule has 2 amide bonds.